The van der Waals surface area contributed by atoms with Crippen LogP contribution in [0.2, 0.25) is 0 Å². The summed E-state index contributed by atoms with van der Waals surface area (Å²) in [6.45, 7) is -0.292. The Morgan fingerprint density at radius 3 is 2.69 bits per heavy atom. The van der Waals surface area contributed by atoms with Crippen molar-refractivity contribution in [1.29, 1.82) is 0 Å². The third-order valence-corrected chi connectivity index (χ3v) is 5.11. The van der Waals surface area contributed by atoms with Crippen molar-refractivity contribution >= 4 is 28.9 Å². The molecule has 4 aromatic rings. The highest BCUT2D eigenvalue weighted by atomic mass is 16.5. The Balaban J connectivity index is 1.40. The number of nitrogens with zero attached hydrogens (tertiary/aromatic N) is 2. The van der Waals surface area contributed by atoms with E-state index in [1.54, 1.807) is 10.8 Å². The predicted octanol–water partition coefficient (Wildman–Crippen LogP) is 4.12. The van der Waals surface area contributed by atoms with Crippen LogP contribution in [0.15, 0.2) is 77.4 Å². The van der Waals surface area contributed by atoms with Gasteiger partial charge in [-0.1, -0.05) is 36.4 Å². The molecule has 1 N–H and O–H groups in total. The van der Waals surface area contributed by atoms with Crippen molar-refractivity contribution < 1.29 is 18.7 Å². The summed E-state index contributed by atoms with van der Waals surface area (Å²) in [6.07, 6.45) is 6.70. The summed E-state index contributed by atoms with van der Waals surface area (Å²) in [4.78, 5) is 23.9. The molecule has 2 aromatic heterocycles. The van der Waals surface area contributed by atoms with Crippen molar-refractivity contribution in [3.05, 3.63) is 78.5 Å². The van der Waals surface area contributed by atoms with Gasteiger partial charge in [0, 0.05) is 29.3 Å². The molecule has 0 unspecified atom stereocenters. The average Bonchev–Trinajstić information content (AvgIpc) is 3.35. The molecule has 1 saturated carbocycles. The van der Waals surface area contributed by atoms with Crippen molar-refractivity contribution in [2.45, 2.75) is 18.9 Å². The van der Waals surface area contributed by atoms with Crippen LogP contribution in [0.4, 0.5) is 0 Å². The van der Waals surface area contributed by atoms with E-state index in [2.05, 4.69) is 5.32 Å². The van der Waals surface area contributed by atoms with Crippen LogP contribution in [0.5, 0.6) is 0 Å². The highest BCUT2D eigenvalue weighted by molar-refractivity contribution is 5.91. The number of hydrogen-bond donors (Lipinski definition) is 1. The Labute approximate surface area is 184 Å². The van der Waals surface area contributed by atoms with Crippen LogP contribution in [0.25, 0.3) is 34.2 Å². The Morgan fingerprint density at radius 1 is 1.12 bits per heavy atom. The zero-order valence-corrected chi connectivity index (χ0v) is 17.2. The van der Waals surface area contributed by atoms with Gasteiger partial charge >= 0.3 is 5.97 Å². The summed E-state index contributed by atoms with van der Waals surface area (Å²) in [5.74, 6) is -0.286. The first-order valence-electron chi connectivity index (χ1n) is 10.4. The van der Waals surface area contributed by atoms with Gasteiger partial charge in [-0.05, 0) is 43.2 Å². The molecule has 0 radical (unpaired) electrons. The van der Waals surface area contributed by atoms with E-state index >= 15 is 0 Å². The predicted molar refractivity (Wildman–Crippen MR) is 120 cm³/mol. The Kier molecular flexibility index (Phi) is 5.29. The fourth-order valence-electron chi connectivity index (χ4n) is 3.35. The van der Waals surface area contributed by atoms with Crippen molar-refractivity contribution in [2.75, 3.05) is 6.61 Å². The lowest BCUT2D eigenvalue weighted by molar-refractivity contribution is -0.143. The van der Waals surface area contributed by atoms with Crippen molar-refractivity contribution in [3.63, 3.8) is 0 Å². The lowest BCUT2D eigenvalue weighted by Gasteiger charge is -2.02. The van der Waals surface area contributed by atoms with Gasteiger partial charge in [0.2, 0.25) is 0 Å². The quantitative estimate of drug-likeness (QED) is 0.354. The van der Waals surface area contributed by atoms with Crippen molar-refractivity contribution in [2.24, 2.45) is 0 Å². The van der Waals surface area contributed by atoms with E-state index in [9.17, 15) is 9.59 Å². The zero-order valence-electron chi connectivity index (χ0n) is 17.2. The van der Waals surface area contributed by atoms with Gasteiger partial charge in [0.05, 0.1) is 5.69 Å². The number of aromatic nitrogens is 2. The topological polar surface area (TPSA) is 86.4 Å². The number of nitrogens with one attached hydrogen (secondary N) is 1. The number of furan rings is 1. The second kappa shape index (κ2) is 8.55. The van der Waals surface area contributed by atoms with E-state index in [1.165, 1.54) is 6.08 Å². The number of ether oxygens (including phenoxy) is 1. The Hall–Kier alpha value is -4.13. The van der Waals surface area contributed by atoms with Gasteiger partial charge in [-0.15, -0.1) is 0 Å². The maximum Gasteiger partial charge on any atom is 0.331 e. The number of rotatable bonds is 7. The normalized spacial score (nSPS) is 13.5. The van der Waals surface area contributed by atoms with E-state index in [0.29, 0.717) is 17.0 Å². The molecule has 0 spiro atoms. The molecule has 7 nitrogen and oxygen atoms in total. The molecule has 1 amide bonds. The Bertz CT molecular complexity index is 1270. The van der Waals surface area contributed by atoms with E-state index in [-0.39, 0.29) is 18.6 Å². The second-order valence-electron chi connectivity index (χ2n) is 7.64. The molecule has 0 bridgehead atoms. The van der Waals surface area contributed by atoms with Gasteiger partial charge < -0.3 is 14.5 Å². The fourth-order valence-corrected chi connectivity index (χ4v) is 3.35. The smallest absolute Gasteiger partial charge is 0.331 e. The van der Waals surface area contributed by atoms with Crippen LogP contribution in [0, 0.1) is 0 Å². The minimum atomic E-state index is -0.598. The van der Waals surface area contributed by atoms with Gasteiger partial charge in [0.25, 0.3) is 5.91 Å². The minimum Gasteiger partial charge on any atom is -0.454 e. The molecule has 2 aromatic carbocycles. The van der Waals surface area contributed by atoms with Crippen LogP contribution >= 0.6 is 0 Å². The second-order valence-corrected chi connectivity index (χ2v) is 7.64. The number of fused-ring (bicyclic) bond motifs is 1. The highest BCUT2D eigenvalue weighted by Crippen LogP contribution is 2.30. The lowest BCUT2D eigenvalue weighted by atomic mass is 10.2. The maximum absolute atomic E-state index is 12.1. The van der Waals surface area contributed by atoms with Crippen LogP contribution in [0.1, 0.15) is 18.4 Å². The first kappa shape index (κ1) is 19.8. The number of esters is 1. The van der Waals surface area contributed by atoms with Gasteiger partial charge in [0.1, 0.15) is 11.3 Å². The first-order chi connectivity index (χ1) is 15.7. The van der Waals surface area contributed by atoms with E-state index < -0.39 is 5.97 Å². The molecular weight excluding hydrogens is 406 g/mol. The number of benzene rings is 2. The summed E-state index contributed by atoms with van der Waals surface area (Å²) in [5.41, 5.74) is 2.92. The van der Waals surface area contributed by atoms with Crippen LogP contribution in [0.3, 0.4) is 0 Å². The molecule has 1 aliphatic carbocycles. The SMILES string of the molecule is O=C(COC(=O)C=Cc1cn(-c2ccccc2)nc1-c1cc2ccccc2o1)NC1CC1. The molecule has 1 aliphatic rings. The zero-order chi connectivity index (χ0) is 21.9. The summed E-state index contributed by atoms with van der Waals surface area (Å²) < 4.78 is 12.8. The summed E-state index contributed by atoms with van der Waals surface area (Å²) >= 11 is 0. The third-order valence-electron chi connectivity index (χ3n) is 5.11. The molecule has 0 saturated heterocycles. The molecule has 32 heavy (non-hydrogen) atoms. The molecular formula is C25H21N3O4. The molecule has 160 valence electrons. The highest BCUT2D eigenvalue weighted by Gasteiger charge is 2.23. The number of hydrogen-bond acceptors (Lipinski definition) is 5. The van der Waals surface area contributed by atoms with Crippen molar-refractivity contribution in [3.8, 4) is 17.1 Å². The fraction of sp³-hybridized carbons (Fsp3) is 0.160. The van der Waals surface area contributed by atoms with Gasteiger partial charge in [-0.2, -0.15) is 5.10 Å². The van der Waals surface area contributed by atoms with Crippen LogP contribution in [-0.2, 0) is 14.3 Å². The monoisotopic (exact) mass is 427 g/mol. The molecule has 7 heteroatoms. The first-order valence-corrected chi connectivity index (χ1v) is 10.4. The summed E-state index contributed by atoms with van der Waals surface area (Å²) in [7, 11) is 0. The summed E-state index contributed by atoms with van der Waals surface area (Å²) in [5, 5.41) is 8.44. The van der Waals surface area contributed by atoms with Gasteiger partial charge in [-0.3, -0.25) is 4.79 Å². The number of para-hydroxylation sites is 2. The van der Waals surface area contributed by atoms with E-state index in [1.807, 2.05) is 66.9 Å². The van der Waals surface area contributed by atoms with Crippen molar-refractivity contribution in [1.82, 2.24) is 15.1 Å². The maximum atomic E-state index is 12.1. The number of carbonyl (C=O) groups is 2. The molecule has 0 atom stereocenters. The summed E-state index contributed by atoms with van der Waals surface area (Å²) in [6, 6.07) is 19.5. The Morgan fingerprint density at radius 2 is 1.91 bits per heavy atom. The van der Waals surface area contributed by atoms with Crippen LogP contribution < -0.4 is 5.32 Å². The van der Waals surface area contributed by atoms with Gasteiger partial charge in [0.15, 0.2) is 12.4 Å². The molecule has 1 fully saturated rings. The van der Waals surface area contributed by atoms with E-state index in [0.717, 1.165) is 29.5 Å². The molecule has 2 heterocycles. The standard InChI is InChI=1S/C25H21N3O4/c29-23(26-19-11-12-19)16-31-24(30)13-10-18-15-28(20-7-2-1-3-8-20)27-25(18)22-14-17-6-4-5-9-21(17)32-22/h1-10,13-15,19H,11-12,16H2,(H,26,29). The van der Waals surface area contributed by atoms with Gasteiger partial charge in [-0.25, -0.2) is 9.48 Å². The number of amides is 1. The lowest BCUT2D eigenvalue weighted by Crippen LogP contribution is -2.30. The molecule has 0 aliphatic heterocycles. The van der Waals surface area contributed by atoms with Crippen LogP contribution in [-0.4, -0.2) is 34.3 Å². The average molecular weight is 427 g/mol. The number of carbonyl (C=O) groups excluding carboxylic acids is 2. The third kappa shape index (κ3) is 4.46. The van der Waals surface area contributed by atoms with E-state index in [4.69, 9.17) is 14.3 Å². The minimum absolute atomic E-state index is 0.229. The molecule has 5 rings (SSSR count). The largest absolute Gasteiger partial charge is 0.454 e.